The van der Waals surface area contributed by atoms with E-state index in [0.29, 0.717) is 12.3 Å². The standard InChI is InChI=1S/C14H16ClN3O/c15-8-2-1-7-14(19)17-12-5-3-6-13(11-12)18-10-4-9-16-18/h3-6,9-11H,1-2,7-8H2,(H,17,19). The third-order valence-corrected chi connectivity index (χ3v) is 2.95. The van der Waals surface area contributed by atoms with Gasteiger partial charge in [-0.3, -0.25) is 4.79 Å². The molecule has 19 heavy (non-hydrogen) atoms. The van der Waals surface area contributed by atoms with E-state index in [1.54, 1.807) is 10.9 Å². The second kappa shape index (κ2) is 6.95. The molecule has 0 bridgehead atoms. The minimum atomic E-state index is 0.0164. The Morgan fingerprint density at radius 3 is 2.95 bits per heavy atom. The Balaban J connectivity index is 1.97. The van der Waals surface area contributed by atoms with Crippen LogP contribution in [0.4, 0.5) is 5.69 Å². The second-order valence-corrected chi connectivity index (χ2v) is 4.57. The van der Waals surface area contributed by atoms with Crippen LogP contribution in [0.5, 0.6) is 0 Å². The molecule has 0 aliphatic heterocycles. The van der Waals surface area contributed by atoms with Gasteiger partial charge >= 0.3 is 0 Å². The van der Waals surface area contributed by atoms with Gasteiger partial charge < -0.3 is 5.32 Å². The summed E-state index contributed by atoms with van der Waals surface area (Å²) >= 11 is 5.58. The highest BCUT2D eigenvalue weighted by Crippen LogP contribution is 2.14. The molecule has 0 aliphatic rings. The quantitative estimate of drug-likeness (QED) is 0.651. The van der Waals surface area contributed by atoms with Crippen LogP contribution in [0.2, 0.25) is 0 Å². The van der Waals surface area contributed by atoms with E-state index in [9.17, 15) is 4.79 Å². The fraction of sp³-hybridized carbons (Fsp3) is 0.286. The summed E-state index contributed by atoms with van der Waals surface area (Å²) in [5, 5.41) is 7.04. The molecule has 0 aliphatic carbocycles. The van der Waals surface area contributed by atoms with Crippen molar-refractivity contribution in [2.24, 2.45) is 0 Å². The molecule has 0 unspecified atom stereocenters. The Bertz CT molecular complexity index is 525. The lowest BCUT2D eigenvalue weighted by atomic mass is 10.2. The van der Waals surface area contributed by atoms with Gasteiger partial charge in [0.05, 0.1) is 5.69 Å². The Morgan fingerprint density at radius 1 is 1.32 bits per heavy atom. The molecule has 0 saturated carbocycles. The SMILES string of the molecule is O=C(CCCCCl)Nc1cccc(-n2cccn2)c1. The van der Waals surface area contributed by atoms with Gasteiger partial charge in [0.1, 0.15) is 0 Å². The number of halogens is 1. The molecule has 1 aromatic carbocycles. The molecular formula is C14H16ClN3O. The first-order chi connectivity index (χ1) is 9.29. The van der Waals surface area contributed by atoms with Crippen LogP contribution >= 0.6 is 11.6 Å². The van der Waals surface area contributed by atoms with E-state index in [2.05, 4.69) is 10.4 Å². The van der Waals surface area contributed by atoms with E-state index in [1.165, 1.54) is 0 Å². The van der Waals surface area contributed by atoms with Crippen LogP contribution in [0, 0.1) is 0 Å². The van der Waals surface area contributed by atoms with Crippen molar-refractivity contribution in [2.75, 3.05) is 11.2 Å². The number of unbranched alkanes of at least 4 members (excludes halogenated alkanes) is 1. The number of nitrogens with zero attached hydrogens (tertiary/aromatic N) is 2. The monoisotopic (exact) mass is 277 g/mol. The fourth-order valence-electron chi connectivity index (χ4n) is 1.75. The van der Waals surface area contributed by atoms with Gasteiger partial charge in [-0.05, 0) is 37.1 Å². The number of rotatable bonds is 6. The number of nitrogens with one attached hydrogen (secondary N) is 1. The van der Waals surface area contributed by atoms with Crippen LogP contribution in [0.1, 0.15) is 19.3 Å². The first-order valence-corrected chi connectivity index (χ1v) is 6.79. The second-order valence-electron chi connectivity index (χ2n) is 4.20. The molecule has 1 aromatic heterocycles. The highest BCUT2D eigenvalue weighted by atomic mass is 35.5. The lowest BCUT2D eigenvalue weighted by Crippen LogP contribution is -2.11. The molecule has 0 saturated heterocycles. The van der Waals surface area contributed by atoms with Gasteiger partial charge in [-0.25, -0.2) is 4.68 Å². The van der Waals surface area contributed by atoms with Crippen molar-refractivity contribution in [3.63, 3.8) is 0 Å². The molecule has 0 atom stereocenters. The Kier molecular flexibility index (Phi) is 4.98. The molecular weight excluding hydrogens is 262 g/mol. The van der Waals surface area contributed by atoms with Crippen LogP contribution in [-0.4, -0.2) is 21.6 Å². The van der Waals surface area contributed by atoms with Gasteiger partial charge in [0.25, 0.3) is 0 Å². The van der Waals surface area contributed by atoms with Crippen molar-refractivity contribution < 1.29 is 4.79 Å². The zero-order chi connectivity index (χ0) is 13.5. The lowest BCUT2D eigenvalue weighted by Gasteiger charge is -2.07. The number of anilines is 1. The minimum absolute atomic E-state index is 0.0164. The number of benzene rings is 1. The van der Waals surface area contributed by atoms with Crippen LogP contribution in [-0.2, 0) is 4.79 Å². The highest BCUT2D eigenvalue weighted by molar-refractivity contribution is 6.17. The lowest BCUT2D eigenvalue weighted by molar-refractivity contribution is -0.116. The smallest absolute Gasteiger partial charge is 0.224 e. The first-order valence-electron chi connectivity index (χ1n) is 6.25. The number of carbonyl (C=O) groups excluding carboxylic acids is 1. The van der Waals surface area contributed by atoms with Crippen molar-refractivity contribution >= 4 is 23.2 Å². The van der Waals surface area contributed by atoms with Gasteiger partial charge in [-0.1, -0.05) is 6.07 Å². The summed E-state index contributed by atoms with van der Waals surface area (Å²) in [6.45, 7) is 0. The van der Waals surface area contributed by atoms with Crippen LogP contribution < -0.4 is 5.32 Å². The summed E-state index contributed by atoms with van der Waals surface area (Å²) in [5.74, 6) is 0.616. The van der Waals surface area contributed by atoms with Crippen molar-refractivity contribution in [3.8, 4) is 5.69 Å². The van der Waals surface area contributed by atoms with Gasteiger partial charge in [0.15, 0.2) is 0 Å². The van der Waals surface area contributed by atoms with Gasteiger partial charge in [0, 0.05) is 30.4 Å². The van der Waals surface area contributed by atoms with Crippen molar-refractivity contribution in [3.05, 3.63) is 42.7 Å². The molecule has 1 amide bonds. The molecule has 2 aromatic rings. The highest BCUT2D eigenvalue weighted by Gasteiger charge is 2.03. The van der Waals surface area contributed by atoms with Gasteiger partial charge in [0.2, 0.25) is 5.91 Å². The van der Waals surface area contributed by atoms with E-state index in [1.807, 2.05) is 36.5 Å². The minimum Gasteiger partial charge on any atom is -0.326 e. The topological polar surface area (TPSA) is 46.9 Å². The molecule has 4 nitrogen and oxygen atoms in total. The number of hydrogen-bond donors (Lipinski definition) is 1. The van der Waals surface area contributed by atoms with Crippen molar-refractivity contribution in [2.45, 2.75) is 19.3 Å². The average molecular weight is 278 g/mol. The maximum Gasteiger partial charge on any atom is 0.224 e. The Morgan fingerprint density at radius 2 is 2.21 bits per heavy atom. The van der Waals surface area contributed by atoms with E-state index in [0.717, 1.165) is 24.2 Å². The summed E-state index contributed by atoms with van der Waals surface area (Å²) in [6, 6.07) is 9.46. The molecule has 5 heteroatoms. The third-order valence-electron chi connectivity index (χ3n) is 2.69. The predicted octanol–water partition coefficient (Wildman–Crippen LogP) is 3.22. The molecule has 0 spiro atoms. The summed E-state index contributed by atoms with van der Waals surface area (Å²) in [5.41, 5.74) is 1.70. The van der Waals surface area contributed by atoms with Gasteiger partial charge in [-0.2, -0.15) is 5.10 Å². The number of carbonyl (C=O) groups is 1. The zero-order valence-corrected chi connectivity index (χ0v) is 11.3. The summed E-state index contributed by atoms with van der Waals surface area (Å²) < 4.78 is 1.75. The Hall–Kier alpha value is -1.81. The van der Waals surface area contributed by atoms with Gasteiger partial charge in [-0.15, -0.1) is 11.6 Å². The van der Waals surface area contributed by atoms with Crippen LogP contribution in [0.15, 0.2) is 42.7 Å². The van der Waals surface area contributed by atoms with Crippen LogP contribution in [0.25, 0.3) is 5.69 Å². The molecule has 100 valence electrons. The van der Waals surface area contributed by atoms with Crippen molar-refractivity contribution in [1.82, 2.24) is 9.78 Å². The molecule has 1 N–H and O–H groups in total. The van der Waals surface area contributed by atoms with Crippen LogP contribution in [0.3, 0.4) is 0 Å². The Labute approximate surface area is 117 Å². The van der Waals surface area contributed by atoms with E-state index in [-0.39, 0.29) is 5.91 Å². The maximum absolute atomic E-state index is 11.7. The third kappa shape index (κ3) is 4.10. The van der Waals surface area contributed by atoms with E-state index >= 15 is 0 Å². The molecule has 2 rings (SSSR count). The fourth-order valence-corrected chi connectivity index (χ4v) is 1.94. The summed E-state index contributed by atoms with van der Waals surface area (Å²) in [7, 11) is 0. The average Bonchev–Trinajstić information content (AvgIpc) is 2.93. The summed E-state index contributed by atoms with van der Waals surface area (Å²) in [4.78, 5) is 11.7. The molecule has 1 heterocycles. The first kappa shape index (κ1) is 13.6. The number of alkyl halides is 1. The van der Waals surface area contributed by atoms with E-state index < -0.39 is 0 Å². The predicted molar refractivity (Wildman–Crippen MR) is 76.8 cm³/mol. The number of amides is 1. The summed E-state index contributed by atoms with van der Waals surface area (Å²) in [6.07, 6.45) is 5.76. The number of aromatic nitrogens is 2. The molecule has 0 fully saturated rings. The van der Waals surface area contributed by atoms with Crippen molar-refractivity contribution in [1.29, 1.82) is 0 Å². The normalized spacial score (nSPS) is 10.4. The largest absolute Gasteiger partial charge is 0.326 e. The number of hydrogen-bond acceptors (Lipinski definition) is 2. The van der Waals surface area contributed by atoms with E-state index in [4.69, 9.17) is 11.6 Å². The zero-order valence-electron chi connectivity index (χ0n) is 10.6. The molecule has 0 radical (unpaired) electrons. The maximum atomic E-state index is 11.7.